The fourth-order valence-corrected chi connectivity index (χ4v) is 2.09. The van der Waals surface area contributed by atoms with E-state index in [4.69, 9.17) is 0 Å². The highest BCUT2D eigenvalue weighted by Crippen LogP contribution is 2.13. The van der Waals surface area contributed by atoms with Crippen molar-refractivity contribution >= 4 is 15.9 Å². The smallest absolute Gasteiger partial charge is 0.0175 e. The third-order valence-corrected chi connectivity index (χ3v) is 3.46. The summed E-state index contributed by atoms with van der Waals surface area (Å²) < 4.78 is 1.15. The molecule has 0 nitrogen and oxygen atoms in total. The molecule has 0 aliphatic carbocycles. The van der Waals surface area contributed by atoms with Gasteiger partial charge in [0.25, 0.3) is 0 Å². The van der Waals surface area contributed by atoms with Crippen LogP contribution in [-0.2, 0) is 6.42 Å². The molecule has 0 bridgehead atoms. The van der Waals surface area contributed by atoms with Crippen LogP contribution in [0, 0.1) is 0 Å². The van der Waals surface area contributed by atoms with Crippen LogP contribution in [0.25, 0.3) is 0 Å². The monoisotopic (exact) mass is 306 g/mol. The van der Waals surface area contributed by atoms with Crippen molar-refractivity contribution in [2.45, 2.75) is 46.5 Å². The lowest BCUT2D eigenvalue weighted by molar-refractivity contribution is 0.925. The largest absolute Gasteiger partial charge is 0.0856 e. The molecule has 18 heavy (non-hydrogen) atoms. The molecule has 1 aromatic carbocycles. The average molecular weight is 307 g/mol. The molecule has 0 N–H and O–H groups in total. The summed E-state index contributed by atoms with van der Waals surface area (Å²) in [6.07, 6.45) is 9.32. The lowest BCUT2D eigenvalue weighted by Gasteiger charge is -2.01. The summed E-state index contributed by atoms with van der Waals surface area (Å²) >= 11 is 3.46. The summed E-state index contributed by atoms with van der Waals surface area (Å²) in [5, 5.41) is 0. The van der Waals surface area contributed by atoms with Crippen LogP contribution < -0.4 is 0 Å². The maximum absolute atomic E-state index is 3.46. The molecule has 1 aromatic rings. The number of hydrogen-bond donors (Lipinski definition) is 0. The highest BCUT2D eigenvalue weighted by Gasteiger charge is 1.93. The van der Waals surface area contributed by atoms with Crippen LogP contribution in [0.1, 0.15) is 45.6 Å². The maximum atomic E-state index is 3.46. The van der Waals surface area contributed by atoms with Gasteiger partial charge < -0.3 is 0 Å². The van der Waals surface area contributed by atoms with Crippen molar-refractivity contribution in [2.75, 3.05) is 0 Å². The Morgan fingerprint density at radius 1 is 1.00 bits per heavy atom. The Morgan fingerprint density at radius 3 is 2.28 bits per heavy atom. The van der Waals surface area contributed by atoms with E-state index in [-0.39, 0.29) is 0 Å². The lowest BCUT2D eigenvalue weighted by atomic mass is 10.1. The minimum absolute atomic E-state index is 1.13. The van der Waals surface area contributed by atoms with Crippen LogP contribution in [0.2, 0.25) is 0 Å². The number of halogens is 1. The molecule has 1 rings (SSSR count). The van der Waals surface area contributed by atoms with Crippen LogP contribution in [0.3, 0.4) is 0 Å². The number of benzene rings is 1. The van der Waals surface area contributed by atoms with Gasteiger partial charge in [-0.15, -0.1) is 0 Å². The molecule has 0 heterocycles. The summed E-state index contributed by atoms with van der Waals surface area (Å²) in [6, 6.07) is 8.61. The van der Waals surface area contributed by atoms with E-state index in [0.717, 1.165) is 17.3 Å². The topological polar surface area (TPSA) is 0 Å². The Bertz CT molecular complexity index is 406. The van der Waals surface area contributed by atoms with Gasteiger partial charge in [0.2, 0.25) is 0 Å². The number of aryl methyl sites for hydroxylation is 1. The molecule has 0 aliphatic heterocycles. The van der Waals surface area contributed by atoms with Gasteiger partial charge in [0.15, 0.2) is 0 Å². The van der Waals surface area contributed by atoms with Gasteiger partial charge in [0.1, 0.15) is 0 Å². The van der Waals surface area contributed by atoms with Crippen molar-refractivity contribution in [1.82, 2.24) is 0 Å². The van der Waals surface area contributed by atoms with E-state index >= 15 is 0 Å². The zero-order chi connectivity index (χ0) is 13.4. The first-order valence-corrected chi connectivity index (χ1v) is 7.40. The second-order valence-corrected chi connectivity index (χ2v) is 5.95. The van der Waals surface area contributed by atoms with Crippen molar-refractivity contribution in [3.63, 3.8) is 0 Å². The summed E-state index contributed by atoms with van der Waals surface area (Å²) in [6.45, 7) is 6.56. The fraction of sp³-hybridized carbons (Fsp3) is 0.412. The minimum atomic E-state index is 1.13. The van der Waals surface area contributed by atoms with Crippen molar-refractivity contribution < 1.29 is 0 Å². The molecular weight excluding hydrogens is 284 g/mol. The van der Waals surface area contributed by atoms with E-state index in [9.17, 15) is 0 Å². The summed E-state index contributed by atoms with van der Waals surface area (Å²) in [4.78, 5) is 0. The van der Waals surface area contributed by atoms with E-state index in [1.165, 1.54) is 29.6 Å². The van der Waals surface area contributed by atoms with E-state index in [0.29, 0.717) is 0 Å². The summed E-state index contributed by atoms with van der Waals surface area (Å²) in [5.74, 6) is 0. The summed E-state index contributed by atoms with van der Waals surface area (Å²) in [7, 11) is 0. The Morgan fingerprint density at radius 2 is 1.67 bits per heavy atom. The first kappa shape index (κ1) is 15.2. The van der Waals surface area contributed by atoms with Gasteiger partial charge in [0.05, 0.1) is 0 Å². The molecule has 0 unspecified atom stereocenters. The first-order valence-electron chi connectivity index (χ1n) is 6.61. The average Bonchev–Trinajstić information content (AvgIpc) is 2.31. The number of rotatable bonds is 6. The third-order valence-electron chi connectivity index (χ3n) is 2.93. The van der Waals surface area contributed by atoms with E-state index in [1.54, 1.807) is 0 Å². The second kappa shape index (κ2) is 8.31. The number of hydrogen-bond acceptors (Lipinski definition) is 0. The molecule has 0 saturated carbocycles. The zero-order valence-corrected chi connectivity index (χ0v) is 13.3. The van der Waals surface area contributed by atoms with Crippen molar-refractivity contribution in [1.29, 1.82) is 0 Å². The predicted octanol–water partition coefficient (Wildman–Crippen LogP) is 6.07. The molecule has 0 aliphatic rings. The Balaban J connectivity index is 2.31. The van der Waals surface area contributed by atoms with Gasteiger partial charge in [-0.1, -0.05) is 51.4 Å². The molecule has 0 spiro atoms. The molecule has 0 aromatic heterocycles. The van der Waals surface area contributed by atoms with Gasteiger partial charge in [-0.05, 0) is 64.2 Å². The lowest BCUT2D eigenvalue weighted by Crippen LogP contribution is -1.84. The standard InChI is InChI=1S/C17H23Br/c1-14(2)6-4-7-15(3)8-5-9-16-10-12-17(18)13-11-16/h6,8,10-13H,4-5,7,9H2,1-3H3. The van der Waals surface area contributed by atoms with Crippen LogP contribution in [0.5, 0.6) is 0 Å². The van der Waals surface area contributed by atoms with Gasteiger partial charge in [-0.2, -0.15) is 0 Å². The van der Waals surface area contributed by atoms with Crippen molar-refractivity contribution in [3.8, 4) is 0 Å². The molecule has 0 atom stereocenters. The van der Waals surface area contributed by atoms with Crippen LogP contribution in [0.15, 0.2) is 52.0 Å². The van der Waals surface area contributed by atoms with E-state index in [2.05, 4.69) is 73.1 Å². The SMILES string of the molecule is CC(C)=CCCC(C)=CCCc1ccc(Br)cc1. The van der Waals surface area contributed by atoms with Crippen LogP contribution >= 0.6 is 15.9 Å². The van der Waals surface area contributed by atoms with Crippen LogP contribution in [-0.4, -0.2) is 0 Å². The zero-order valence-electron chi connectivity index (χ0n) is 11.7. The fourth-order valence-electron chi connectivity index (χ4n) is 1.83. The van der Waals surface area contributed by atoms with Gasteiger partial charge >= 0.3 is 0 Å². The first-order chi connectivity index (χ1) is 8.58. The van der Waals surface area contributed by atoms with Crippen LogP contribution in [0.4, 0.5) is 0 Å². The number of allylic oxidation sites excluding steroid dienone is 4. The Labute approximate surface area is 120 Å². The van der Waals surface area contributed by atoms with Crippen molar-refractivity contribution in [3.05, 3.63) is 57.6 Å². The predicted molar refractivity (Wildman–Crippen MR) is 84.9 cm³/mol. The minimum Gasteiger partial charge on any atom is -0.0856 e. The Kier molecular flexibility index (Phi) is 7.04. The van der Waals surface area contributed by atoms with Gasteiger partial charge in [-0.25, -0.2) is 0 Å². The third kappa shape index (κ3) is 6.80. The molecule has 0 radical (unpaired) electrons. The highest BCUT2D eigenvalue weighted by molar-refractivity contribution is 9.10. The molecule has 0 amide bonds. The molecular formula is C17H23Br. The Hall–Kier alpha value is -0.820. The van der Waals surface area contributed by atoms with E-state index < -0.39 is 0 Å². The molecule has 0 saturated heterocycles. The second-order valence-electron chi connectivity index (χ2n) is 5.04. The molecule has 98 valence electrons. The van der Waals surface area contributed by atoms with Gasteiger partial charge in [-0.3, -0.25) is 0 Å². The molecule has 0 fully saturated rings. The molecule has 1 heteroatoms. The highest BCUT2D eigenvalue weighted by atomic mass is 79.9. The van der Waals surface area contributed by atoms with Crippen molar-refractivity contribution in [2.24, 2.45) is 0 Å². The normalized spacial score (nSPS) is 11.4. The quantitative estimate of drug-likeness (QED) is 0.559. The van der Waals surface area contributed by atoms with E-state index in [1.807, 2.05) is 0 Å². The summed E-state index contributed by atoms with van der Waals surface area (Å²) in [5.41, 5.74) is 4.33. The van der Waals surface area contributed by atoms with Gasteiger partial charge in [0, 0.05) is 4.47 Å². The maximum Gasteiger partial charge on any atom is 0.0175 e.